The van der Waals surface area contributed by atoms with Gasteiger partial charge >= 0.3 is 0 Å². The van der Waals surface area contributed by atoms with Crippen molar-refractivity contribution in [1.82, 2.24) is 5.32 Å². The van der Waals surface area contributed by atoms with Crippen LogP contribution < -0.4 is 5.32 Å². The summed E-state index contributed by atoms with van der Waals surface area (Å²) in [7, 11) is 0. The molecule has 4 nitrogen and oxygen atoms in total. The molecule has 72 heavy (non-hydrogen) atoms. The van der Waals surface area contributed by atoms with Crippen LogP contribution in [0.5, 0.6) is 0 Å². The summed E-state index contributed by atoms with van der Waals surface area (Å²) in [6.07, 6.45) is 86.8. The Labute approximate surface area is 453 Å². The lowest BCUT2D eigenvalue weighted by molar-refractivity contribution is -0.123. The van der Waals surface area contributed by atoms with Crippen LogP contribution in [0.3, 0.4) is 0 Å². The second-order valence-electron chi connectivity index (χ2n) is 23.2. The Kier molecular flexibility index (Phi) is 63.2. The monoisotopic (exact) mass is 1010 g/mol. The van der Waals surface area contributed by atoms with E-state index in [1.165, 1.54) is 340 Å². The quantitative estimate of drug-likeness (QED) is 0.0420. The molecule has 2 unspecified atom stereocenters. The fourth-order valence-corrected chi connectivity index (χ4v) is 10.8. The molecule has 0 bridgehead atoms. The van der Waals surface area contributed by atoms with Crippen molar-refractivity contribution < 1.29 is 15.0 Å². The zero-order chi connectivity index (χ0) is 52.0. The van der Waals surface area contributed by atoms with Crippen LogP contribution in [0, 0.1) is 0 Å². The van der Waals surface area contributed by atoms with Crippen molar-refractivity contribution in [3.63, 3.8) is 0 Å². The highest BCUT2D eigenvalue weighted by molar-refractivity contribution is 5.76. The number of hydrogen-bond acceptors (Lipinski definition) is 3. The lowest BCUT2D eigenvalue weighted by Gasteiger charge is -2.20. The van der Waals surface area contributed by atoms with Crippen molar-refractivity contribution in [3.05, 3.63) is 24.3 Å². The van der Waals surface area contributed by atoms with Crippen molar-refractivity contribution >= 4 is 5.91 Å². The van der Waals surface area contributed by atoms with Crippen LogP contribution in [-0.4, -0.2) is 34.9 Å². The van der Waals surface area contributed by atoms with E-state index in [2.05, 4.69) is 31.3 Å². The maximum absolute atomic E-state index is 12.5. The van der Waals surface area contributed by atoms with Gasteiger partial charge in [-0.25, -0.2) is 0 Å². The van der Waals surface area contributed by atoms with Gasteiger partial charge in [0, 0.05) is 6.42 Å². The Morgan fingerprint density at radius 1 is 0.319 bits per heavy atom. The molecule has 2 atom stereocenters. The normalized spacial score (nSPS) is 12.8. The average molecular weight is 1010 g/mol. The van der Waals surface area contributed by atoms with Crippen molar-refractivity contribution in [2.45, 2.75) is 398 Å². The Hall–Kier alpha value is -1.13. The number of allylic oxidation sites excluding steroid dienone is 3. The van der Waals surface area contributed by atoms with Gasteiger partial charge in [-0.3, -0.25) is 4.79 Å². The van der Waals surface area contributed by atoms with Crippen molar-refractivity contribution in [1.29, 1.82) is 0 Å². The third-order valence-electron chi connectivity index (χ3n) is 15.9. The molecule has 0 aromatic heterocycles. The maximum atomic E-state index is 12.5. The molecule has 3 N–H and O–H groups in total. The van der Waals surface area contributed by atoms with Gasteiger partial charge in [-0.1, -0.05) is 359 Å². The van der Waals surface area contributed by atoms with E-state index in [0.29, 0.717) is 6.42 Å². The first-order chi connectivity index (χ1) is 35.7. The van der Waals surface area contributed by atoms with Crippen LogP contribution in [0.4, 0.5) is 0 Å². The molecular formula is C68H133NO3. The Bertz CT molecular complexity index is 1060. The van der Waals surface area contributed by atoms with E-state index < -0.39 is 12.1 Å². The molecule has 0 rings (SSSR count). The molecule has 0 aliphatic heterocycles. The van der Waals surface area contributed by atoms with Crippen LogP contribution in [0.1, 0.15) is 386 Å². The predicted molar refractivity (Wildman–Crippen MR) is 322 cm³/mol. The third-order valence-corrected chi connectivity index (χ3v) is 15.9. The van der Waals surface area contributed by atoms with Gasteiger partial charge in [-0.2, -0.15) is 0 Å². The molecule has 428 valence electrons. The predicted octanol–water partition coefficient (Wildman–Crippen LogP) is 22.6. The highest BCUT2D eigenvalue weighted by Gasteiger charge is 2.18. The van der Waals surface area contributed by atoms with Gasteiger partial charge in [-0.05, 0) is 44.9 Å². The maximum Gasteiger partial charge on any atom is 0.220 e. The molecule has 0 heterocycles. The van der Waals surface area contributed by atoms with E-state index >= 15 is 0 Å². The summed E-state index contributed by atoms with van der Waals surface area (Å²) in [5, 5.41) is 23.3. The lowest BCUT2D eigenvalue weighted by Crippen LogP contribution is -2.45. The molecule has 0 aliphatic rings. The Balaban J connectivity index is 3.42. The summed E-state index contributed by atoms with van der Waals surface area (Å²) >= 11 is 0. The van der Waals surface area contributed by atoms with E-state index in [0.717, 1.165) is 25.7 Å². The minimum atomic E-state index is -0.839. The second kappa shape index (κ2) is 64.2. The molecule has 0 fully saturated rings. The number of nitrogens with one attached hydrogen (secondary N) is 1. The molecule has 0 aliphatic carbocycles. The molecule has 0 aromatic carbocycles. The molecule has 0 spiro atoms. The lowest BCUT2D eigenvalue weighted by atomic mass is 10.0. The van der Waals surface area contributed by atoms with Gasteiger partial charge in [0.25, 0.3) is 0 Å². The number of unbranched alkanes of at least 4 members (excludes halogenated alkanes) is 54. The number of amides is 1. The van der Waals surface area contributed by atoms with Gasteiger partial charge in [0.05, 0.1) is 18.8 Å². The van der Waals surface area contributed by atoms with Crippen LogP contribution in [-0.2, 0) is 4.79 Å². The number of aliphatic hydroxyl groups excluding tert-OH is 2. The molecule has 0 saturated heterocycles. The van der Waals surface area contributed by atoms with Crippen LogP contribution in [0.25, 0.3) is 0 Å². The fraction of sp³-hybridized carbons (Fsp3) is 0.926. The van der Waals surface area contributed by atoms with Gasteiger partial charge < -0.3 is 15.5 Å². The standard InChI is InChI=1S/C68H133NO3/c1-3-5-7-9-11-13-15-17-19-21-23-25-27-29-31-32-33-34-35-36-38-39-41-43-45-47-49-51-53-55-57-59-61-63-67(71)66(65-70)69-68(72)64-62-60-58-56-54-52-50-48-46-44-42-40-37-30-28-26-24-22-20-18-16-14-12-10-8-6-4-2/h22,24,61,63,66-67,70-71H,3-21,23,25-60,62,64-65H2,1-2H3,(H,69,72)/b24-22-,63-61+. The van der Waals surface area contributed by atoms with E-state index in [1.54, 1.807) is 6.08 Å². The minimum Gasteiger partial charge on any atom is -0.394 e. The van der Waals surface area contributed by atoms with Gasteiger partial charge in [0.2, 0.25) is 5.91 Å². The zero-order valence-corrected chi connectivity index (χ0v) is 49.5. The smallest absolute Gasteiger partial charge is 0.220 e. The van der Waals surface area contributed by atoms with E-state index in [-0.39, 0.29) is 12.5 Å². The van der Waals surface area contributed by atoms with Gasteiger partial charge in [-0.15, -0.1) is 0 Å². The largest absolute Gasteiger partial charge is 0.394 e. The highest BCUT2D eigenvalue weighted by atomic mass is 16.3. The first-order valence-corrected chi connectivity index (χ1v) is 33.6. The zero-order valence-electron chi connectivity index (χ0n) is 49.5. The average Bonchev–Trinajstić information content (AvgIpc) is 3.39. The summed E-state index contributed by atoms with van der Waals surface area (Å²) in [5.74, 6) is -0.0561. The third kappa shape index (κ3) is 59.7. The number of rotatable bonds is 63. The van der Waals surface area contributed by atoms with Crippen LogP contribution in [0.15, 0.2) is 24.3 Å². The van der Waals surface area contributed by atoms with Crippen molar-refractivity contribution in [3.8, 4) is 0 Å². The molecule has 1 amide bonds. The van der Waals surface area contributed by atoms with Crippen LogP contribution in [0.2, 0.25) is 0 Å². The fourth-order valence-electron chi connectivity index (χ4n) is 10.8. The number of carbonyl (C=O) groups excluding carboxylic acids is 1. The second-order valence-corrected chi connectivity index (χ2v) is 23.2. The Morgan fingerprint density at radius 3 is 0.764 bits per heavy atom. The summed E-state index contributed by atoms with van der Waals surface area (Å²) in [6.45, 7) is 4.36. The summed E-state index contributed by atoms with van der Waals surface area (Å²) in [5.41, 5.74) is 0. The first kappa shape index (κ1) is 70.9. The van der Waals surface area contributed by atoms with E-state index in [9.17, 15) is 15.0 Å². The summed E-state index contributed by atoms with van der Waals surface area (Å²) in [6, 6.07) is -0.622. The van der Waals surface area contributed by atoms with E-state index in [4.69, 9.17) is 0 Å². The van der Waals surface area contributed by atoms with Gasteiger partial charge in [0.15, 0.2) is 0 Å². The molecule has 0 radical (unpaired) electrons. The highest BCUT2D eigenvalue weighted by Crippen LogP contribution is 2.19. The number of aliphatic hydroxyl groups is 2. The van der Waals surface area contributed by atoms with Gasteiger partial charge in [0.1, 0.15) is 0 Å². The topological polar surface area (TPSA) is 69.6 Å². The molecule has 4 heteroatoms. The number of carbonyl (C=O) groups is 1. The Morgan fingerprint density at radius 2 is 0.528 bits per heavy atom. The molecular weight excluding hydrogens is 879 g/mol. The first-order valence-electron chi connectivity index (χ1n) is 33.6. The molecule has 0 saturated carbocycles. The van der Waals surface area contributed by atoms with E-state index in [1.807, 2.05) is 6.08 Å². The van der Waals surface area contributed by atoms with Crippen molar-refractivity contribution in [2.75, 3.05) is 6.61 Å². The SMILES string of the molecule is CCCCCCCCCC/C=C\CCCCCCCCCCCCCCCCCC(=O)NC(CO)C(O)/C=C/CCCCCCCCCCCCCCCCCCCCCCCCCCCCCCCCC. The summed E-state index contributed by atoms with van der Waals surface area (Å²) in [4.78, 5) is 12.5. The number of hydrogen-bond donors (Lipinski definition) is 3. The minimum absolute atomic E-state index is 0.0561. The van der Waals surface area contributed by atoms with Crippen LogP contribution >= 0.6 is 0 Å². The molecule has 0 aromatic rings. The summed E-state index contributed by atoms with van der Waals surface area (Å²) < 4.78 is 0. The van der Waals surface area contributed by atoms with Crippen molar-refractivity contribution in [2.24, 2.45) is 0 Å².